The summed E-state index contributed by atoms with van der Waals surface area (Å²) in [6.07, 6.45) is 0. The number of benzene rings is 1. The lowest BCUT2D eigenvalue weighted by molar-refractivity contribution is 0.628. The first-order chi connectivity index (χ1) is 7.66. The number of rotatable bonds is 3. The minimum Gasteiger partial charge on any atom is -0.397 e. The molecule has 2 rings (SSSR count). The SMILES string of the molecule is CN(Cc1ccsc1)c1ccc(F)cc1N. The quantitative estimate of drug-likeness (QED) is 0.830. The molecule has 1 heterocycles. The van der Waals surface area contributed by atoms with Crippen molar-refractivity contribution >= 4 is 22.7 Å². The minimum atomic E-state index is -0.301. The van der Waals surface area contributed by atoms with Gasteiger partial charge in [0.25, 0.3) is 0 Å². The molecule has 0 unspecified atom stereocenters. The number of nitrogen functional groups attached to an aromatic ring is 1. The summed E-state index contributed by atoms with van der Waals surface area (Å²) in [6, 6.07) is 6.55. The monoisotopic (exact) mass is 236 g/mol. The molecular formula is C12H13FN2S. The molecule has 84 valence electrons. The summed E-state index contributed by atoms with van der Waals surface area (Å²) in [7, 11) is 1.95. The van der Waals surface area contributed by atoms with Crippen LogP contribution in [0.2, 0.25) is 0 Å². The first-order valence-electron chi connectivity index (χ1n) is 4.94. The van der Waals surface area contributed by atoms with Crippen molar-refractivity contribution in [1.82, 2.24) is 0 Å². The predicted molar refractivity (Wildman–Crippen MR) is 67.2 cm³/mol. The van der Waals surface area contributed by atoms with Crippen molar-refractivity contribution < 1.29 is 4.39 Å². The summed E-state index contributed by atoms with van der Waals surface area (Å²) in [6.45, 7) is 0.777. The average Bonchev–Trinajstić information content (AvgIpc) is 2.70. The molecule has 0 atom stereocenters. The fourth-order valence-corrected chi connectivity index (χ4v) is 2.27. The fraction of sp³-hybridized carbons (Fsp3) is 0.167. The van der Waals surface area contributed by atoms with Crippen LogP contribution in [-0.4, -0.2) is 7.05 Å². The normalized spacial score (nSPS) is 10.4. The lowest BCUT2D eigenvalue weighted by atomic mass is 10.2. The van der Waals surface area contributed by atoms with E-state index in [0.29, 0.717) is 5.69 Å². The van der Waals surface area contributed by atoms with Crippen LogP contribution < -0.4 is 10.6 Å². The van der Waals surface area contributed by atoms with Crippen molar-refractivity contribution in [3.8, 4) is 0 Å². The number of halogens is 1. The topological polar surface area (TPSA) is 29.3 Å². The van der Waals surface area contributed by atoms with Crippen LogP contribution in [0.5, 0.6) is 0 Å². The van der Waals surface area contributed by atoms with Gasteiger partial charge in [-0.2, -0.15) is 11.3 Å². The van der Waals surface area contributed by atoms with Gasteiger partial charge in [-0.05, 0) is 40.6 Å². The molecule has 0 spiro atoms. The Hall–Kier alpha value is -1.55. The maximum atomic E-state index is 12.9. The standard InChI is InChI=1S/C12H13FN2S/c1-15(7-9-4-5-16-8-9)12-3-2-10(13)6-11(12)14/h2-6,8H,7,14H2,1H3. The third-order valence-corrected chi connectivity index (χ3v) is 3.13. The third-order valence-electron chi connectivity index (χ3n) is 2.40. The van der Waals surface area contributed by atoms with Gasteiger partial charge in [0, 0.05) is 13.6 Å². The van der Waals surface area contributed by atoms with E-state index in [0.717, 1.165) is 12.2 Å². The van der Waals surface area contributed by atoms with E-state index in [9.17, 15) is 4.39 Å². The highest BCUT2D eigenvalue weighted by Gasteiger charge is 2.06. The van der Waals surface area contributed by atoms with Gasteiger partial charge in [-0.1, -0.05) is 0 Å². The Morgan fingerprint density at radius 3 is 2.81 bits per heavy atom. The van der Waals surface area contributed by atoms with Crippen LogP contribution in [0.15, 0.2) is 35.0 Å². The van der Waals surface area contributed by atoms with Crippen molar-refractivity contribution in [1.29, 1.82) is 0 Å². The van der Waals surface area contributed by atoms with Crippen LogP contribution in [0.1, 0.15) is 5.56 Å². The summed E-state index contributed by atoms with van der Waals surface area (Å²) in [5.74, 6) is -0.301. The van der Waals surface area contributed by atoms with Crippen LogP contribution >= 0.6 is 11.3 Å². The molecule has 1 aromatic heterocycles. The van der Waals surface area contributed by atoms with Crippen molar-refractivity contribution in [2.24, 2.45) is 0 Å². The van der Waals surface area contributed by atoms with E-state index in [1.807, 2.05) is 17.3 Å². The van der Waals surface area contributed by atoms with Gasteiger partial charge in [0.2, 0.25) is 0 Å². The van der Waals surface area contributed by atoms with Gasteiger partial charge in [-0.15, -0.1) is 0 Å². The zero-order valence-corrected chi connectivity index (χ0v) is 9.80. The summed E-state index contributed by atoms with van der Waals surface area (Å²) in [5, 5.41) is 4.13. The number of hydrogen-bond acceptors (Lipinski definition) is 3. The molecule has 0 saturated carbocycles. The van der Waals surface area contributed by atoms with Crippen LogP contribution in [-0.2, 0) is 6.54 Å². The predicted octanol–water partition coefficient (Wildman–Crippen LogP) is 3.11. The summed E-state index contributed by atoms with van der Waals surface area (Å²) >= 11 is 1.67. The van der Waals surface area contributed by atoms with E-state index in [4.69, 9.17) is 5.73 Å². The molecule has 0 radical (unpaired) electrons. The first-order valence-corrected chi connectivity index (χ1v) is 5.88. The molecule has 0 aliphatic heterocycles. The van der Waals surface area contributed by atoms with Crippen molar-refractivity contribution in [2.45, 2.75) is 6.54 Å². The molecule has 2 nitrogen and oxygen atoms in total. The van der Waals surface area contributed by atoms with E-state index in [-0.39, 0.29) is 5.82 Å². The Morgan fingerprint density at radius 2 is 2.19 bits per heavy atom. The smallest absolute Gasteiger partial charge is 0.125 e. The highest BCUT2D eigenvalue weighted by atomic mass is 32.1. The molecule has 0 aliphatic rings. The Balaban J connectivity index is 2.17. The molecule has 2 N–H and O–H groups in total. The molecule has 0 amide bonds. The third kappa shape index (κ3) is 2.33. The van der Waals surface area contributed by atoms with Crippen LogP contribution in [0.4, 0.5) is 15.8 Å². The van der Waals surface area contributed by atoms with Gasteiger partial charge >= 0.3 is 0 Å². The van der Waals surface area contributed by atoms with Gasteiger partial charge in [0.1, 0.15) is 5.82 Å². The Morgan fingerprint density at radius 1 is 1.38 bits per heavy atom. The van der Waals surface area contributed by atoms with Crippen LogP contribution in [0.25, 0.3) is 0 Å². The summed E-state index contributed by atoms with van der Waals surface area (Å²) in [4.78, 5) is 2.01. The lowest BCUT2D eigenvalue weighted by Crippen LogP contribution is -2.17. The maximum absolute atomic E-state index is 12.9. The van der Waals surface area contributed by atoms with Crippen molar-refractivity contribution in [3.63, 3.8) is 0 Å². The molecule has 4 heteroatoms. The molecule has 1 aromatic carbocycles. The van der Waals surface area contributed by atoms with E-state index in [1.54, 1.807) is 17.4 Å². The molecule has 0 bridgehead atoms. The minimum absolute atomic E-state index is 0.301. The second-order valence-electron chi connectivity index (χ2n) is 3.69. The second kappa shape index (κ2) is 4.53. The first kappa shape index (κ1) is 11.0. The molecule has 2 aromatic rings. The number of nitrogens with two attached hydrogens (primary N) is 1. The number of nitrogens with zero attached hydrogens (tertiary/aromatic N) is 1. The van der Waals surface area contributed by atoms with Gasteiger partial charge < -0.3 is 10.6 Å². The fourth-order valence-electron chi connectivity index (χ4n) is 1.61. The van der Waals surface area contributed by atoms with Gasteiger partial charge in [-0.25, -0.2) is 4.39 Å². The Kier molecular flexibility index (Phi) is 3.10. The molecule has 0 aliphatic carbocycles. The van der Waals surface area contributed by atoms with Crippen LogP contribution in [0, 0.1) is 5.82 Å². The Labute approximate surface area is 98.1 Å². The number of thiophene rings is 1. The van der Waals surface area contributed by atoms with Crippen molar-refractivity contribution in [2.75, 3.05) is 17.7 Å². The van der Waals surface area contributed by atoms with E-state index < -0.39 is 0 Å². The van der Waals surface area contributed by atoms with Gasteiger partial charge in [-0.3, -0.25) is 0 Å². The summed E-state index contributed by atoms with van der Waals surface area (Å²) in [5.41, 5.74) is 8.33. The van der Waals surface area contributed by atoms with Crippen molar-refractivity contribution in [3.05, 3.63) is 46.4 Å². The largest absolute Gasteiger partial charge is 0.397 e. The highest BCUT2D eigenvalue weighted by molar-refractivity contribution is 7.07. The zero-order valence-electron chi connectivity index (χ0n) is 8.98. The maximum Gasteiger partial charge on any atom is 0.125 e. The highest BCUT2D eigenvalue weighted by Crippen LogP contribution is 2.24. The Bertz CT molecular complexity index is 468. The van der Waals surface area contributed by atoms with E-state index in [1.165, 1.54) is 17.7 Å². The molecule has 0 fully saturated rings. The average molecular weight is 236 g/mol. The molecule has 16 heavy (non-hydrogen) atoms. The molecular weight excluding hydrogens is 223 g/mol. The number of hydrogen-bond donors (Lipinski definition) is 1. The van der Waals surface area contributed by atoms with Gasteiger partial charge in [0.05, 0.1) is 11.4 Å². The van der Waals surface area contributed by atoms with E-state index in [2.05, 4.69) is 11.4 Å². The lowest BCUT2D eigenvalue weighted by Gasteiger charge is -2.20. The van der Waals surface area contributed by atoms with Crippen LogP contribution in [0.3, 0.4) is 0 Å². The second-order valence-corrected chi connectivity index (χ2v) is 4.47. The molecule has 0 saturated heterocycles. The number of anilines is 2. The van der Waals surface area contributed by atoms with E-state index >= 15 is 0 Å². The van der Waals surface area contributed by atoms with Gasteiger partial charge in [0.15, 0.2) is 0 Å². The summed E-state index contributed by atoms with van der Waals surface area (Å²) < 4.78 is 12.9. The zero-order chi connectivity index (χ0) is 11.5.